The van der Waals surface area contributed by atoms with Gasteiger partial charge in [-0.15, -0.1) is 0 Å². The van der Waals surface area contributed by atoms with E-state index in [-0.39, 0.29) is 11.8 Å². The van der Waals surface area contributed by atoms with Crippen LogP contribution in [0.15, 0.2) is 24.3 Å². The number of rotatable bonds is 6. The van der Waals surface area contributed by atoms with Gasteiger partial charge >= 0.3 is 0 Å². The Balaban J connectivity index is 1.80. The maximum Gasteiger partial charge on any atom is 0.226 e. The van der Waals surface area contributed by atoms with E-state index in [1.807, 2.05) is 36.1 Å². The van der Waals surface area contributed by atoms with Gasteiger partial charge in [0.2, 0.25) is 11.8 Å². The summed E-state index contributed by atoms with van der Waals surface area (Å²) in [5.41, 5.74) is 1.96. The predicted molar refractivity (Wildman–Crippen MR) is 114 cm³/mol. The lowest BCUT2D eigenvalue weighted by Crippen LogP contribution is -2.48. The number of piperazine rings is 1. The van der Waals surface area contributed by atoms with E-state index in [2.05, 4.69) is 29.4 Å². The monoisotopic (exact) mass is 390 g/mol. The molecule has 7 heteroatoms. The lowest BCUT2D eigenvalue weighted by Gasteiger charge is -2.36. The Morgan fingerprint density at radius 2 is 1.74 bits per heavy atom. The van der Waals surface area contributed by atoms with Gasteiger partial charge in [-0.05, 0) is 48.8 Å². The number of hydrogen-bond acceptors (Lipinski definition) is 4. The van der Waals surface area contributed by atoms with Crippen LogP contribution in [-0.4, -0.2) is 48.0 Å². The molecule has 1 aromatic rings. The maximum absolute atomic E-state index is 11.8. The molecule has 0 atom stereocenters. The summed E-state index contributed by atoms with van der Waals surface area (Å²) in [5, 5.41) is 6.09. The number of thiocarbonyl (C=S) groups is 1. The number of anilines is 2. The zero-order chi connectivity index (χ0) is 19.8. The number of nitrogens with one attached hydrogen (secondary N) is 2. The first-order valence-corrected chi connectivity index (χ1v) is 10.0. The Labute approximate surface area is 167 Å². The minimum atomic E-state index is -0.0580. The predicted octanol–water partition coefficient (Wildman–Crippen LogP) is 2.99. The minimum Gasteiger partial charge on any atom is -0.368 e. The quantitative estimate of drug-likeness (QED) is 0.731. The summed E-state index contributed by atoms with van der Waals surface area (Å²) in [5.74, 6) is 0.655. The van der Waals surface area contributed by atoms with Crippen molar-refractivity contribution < 1.29 is 9.59 Å². The van der Waals surface area contributed by atoms with Gasteiger partial charge in [-0.2, -0.15) is 0 Å². The zero-order valence-electron chi connectivity index (χ0n) is 16.5. The second-order valence-corrected chi connectivity index (χ2v) is 7.61. The number of carbonyl (C=O) groups excluding carboxylic acids is 2. The summed E-state index contributed by atoms with van der Waals surface area (Å²) in [6.07, 6.45) is 1.89. The van der Waals surface area contributed by atoms with Gasteiger partial charge in [0.15, 0.2) is 5.11 Å². The summed E-state index contributed by atoms with van der Waals surface area (Å²) in [4.78, 5) is 27.8. The molecule has 148 valence electrons. The highest BCUT2D eigenvalue weighted by Crippen LogP contribution is 2.19. The third-order valence-corrected chi connectivity index (χ3v) is 4.83. The van der Waals surface area contributed by atoms with E-state index in [4.69, 9.17) is 12.2 Å². The number of amides is 2. The lowest BCUT2D eigenvalue weighted by molar-refractivity contribution is -0.131. The number of nitrogens with zero attached hydrogens (tertiary/aromatic N) is 2. The summed E-state index contributed by atoms with van der Waals surface area (Å²) < 4.78 is 0. The minimum absolute atomic E-state index is 0.0580. The SMILES string of the molecule is CCC(=O)N1CCN(c2ccc(NC(=S)NC(=O)CCC(C)C)cc2)CC1. The van der Waals surface area contributed by atoms with E-state index in [1.165, 1.54) is 0 Å². The molecule has 0 radical (unpaired) electrons. The molecular weight excluding hydrogens is 360 g/mol. The van der Waals surface area contributed by atoms with E-state index in [1.54, 1.807) is 0 Å². The Hall–Kier alpha value is -2.15. The molecular formula is C20H30N4O2S. The van der Waals surface area contributed by atoms with Crippen LogP contribution in [0, 0.1) is 5.92 Å². The fourth-order valence-electron chi connectivity index (χ4n) is 2.96. The molecule has 1 aliphatic rings. The summed E-state index contributed by atoms with van der Waals surface area (Å²) in [6, 6.07) is 7.96. The molecule has 1 aliphatic heterocycles. The Bertz CT molecular complexity index is 652. The summed E-state index contributed by atoms with van der Waals surface area (Å²) >= 11 is 5.21. The molecule has 1 fully saturated rings. The molecule has 6 nitrogen and oxygen atoms in total. The molecule has 2 rings (SSSR count). The third-order valence-electron chi connectivity index (χ3n) is 4.63. The first-order valence-electron chi connectivity index (χ1n) is 9.62. The van der Waals surface area contributed by atoms with Gasteiger partial charge in [-0.3, -0.25) is 9.59 Å². The molecule has 1 heterocycles. The van der Waals surface area contributed by atoms with Crippen LogP contribution < -0.4 is 15.5 Å². The van der Waals surface area contributed by atoms with Gasteiger partial charge in [-0.1, -0.05) is 20.8 Å². The Morgan fingerprint density at radius 1 is 1.11 bits per heavy atom. The molecule has 0 aliphatic carbocycles. The van der Waals surface area contributed by atoms with Gasteiger partial charge in [0.05, 0.1) is 0 Å². The molecule has 1 aromatic carbocycles. The van der Waals surface area contributed by atoms with E-state index in [0.717, 1.165) is 44.0 Å². The van der Waals surface area contributed by atoms with Crippen molar-refractivity contribution in [3.63, 3.8) is 0 Å². The van der Waals surface area contributed by atoms with Crippen molar-refractivity contribution in [2.75, 3.05) is 36.4 Å². The molecule has 0 spiro atoms. The first kappa shape index (κ1) is 21.2. The second-order valence-electron chi connectivity index (χ2n) is 7.20. The smallest absolute Gasteiger partial charge is 0.226 e. The maximum atomic E-state index is 11.8. The van der Waals surface area contributed by atoms with Crippen molar-refractivity contribution in [3.8, 4) is 0 Å². The molecule has 2 N–H and O–H groups in total. The largest absolute Gasteiger partial charge is 0.368 e. The summed E-state index contributed by atoms with van der Waals surface area (Å²) in [6.45, 7) is 9.28. The van der Waals surface area contributed by atoms with Crippen LogP contribution in [0.5, 0.6) is 0 Å². The molecule has 0 aromatic heterocycles. The number of hydrogen-bond donors (Lipinski definition) is 2. The highest BCUT2D eigenvalue weighted by atomic mass is 32.1. The van der Waals surface area contributed by atoms with Gasteiger partial charge < -0.3 is 20.4 Å². The first-order chi connectivity index (χ1) is 12.9. The van der Waals surface area contributed by atoms with Crippen LogP contribution in [-0.2, 0) is 9.59 Å². The highest BCUT2D eigenvalue weighted by molar-refractivity contribution is 7.80. The summed E-state index contributed by atoms with van der Waals surface area (Å²) in [7, 11) is 0. The van der Waals surface area contributed by atoms with Crippen LogP contribution in [0.4, 0.5) is 11.4 Å². The fraction of sp³-hybridized carbons (Fsp3) is 0.550. The van der Waals surface area contributed by atoms with Crippen molar-refractivity contribution in [1.82, 2.24) is 10.2 Å². The van der Waals surface area contributed by atoms with Crippen LogP contribution in [0.25, 0.3) is 0 Å². The van der Waals surface area contributed by atoms with Gasteiger partial charge in [0, 0.05) is 50.4 Å². The van der Waals surface area contributed by atoms with Crippen molar-refractivity contribution in [2.45, 2.75) is 40.0 Å². The molecule has 0 unspecified atom stereocenters. The van der Waals surface area contributed by atoms with Crippen molar-refractivity contribution >= 4 is 40.5 Å². The van der Waals surface area contributed by atoms with Crippen molar-refractivity contribution in [1.29, 1.82) is 0 Å². The van der Waals surface area contributed by atoms with Crippen LogP contribution in [0.1, 0.15) is 40.0 Å². The molecule has 1 saturated heterocycles. The van der Waals surface area contributed by atoms with Crippen LogP contribution in [0.3, 0.4) is 0 Å². The normalized spacial score (nSPS) is 14.2. The molecule has 0 bridgehead atoms. The lowest BCUT2D eigenvalue weighted by atomic mass is 10.1. The molecule has 27 heavy (non-hydrogen) atoms. The Kier molecular flexibility index (Phi) is 8.03. The number of benzene rings is 1. The van der Waals surface area contributed by atoms with E-state index >= 15 is 0 Å². The van der Waals surface area contributed by atoms with Gasteiger partial charge in [0.25, 0.3) is 0 Å². The van der Waals surface area contributed by atoms with Crippen LogP contribution >= 0.6 is 12.2 Å². The molecule has 2 amide bonds. The van der Waals surface area contributed by atoms with Gasteiger partial charge in [0.1, 0.15) is 0 Å². The van der Waals surface area contributed by atoms with Gasteiger partial charge in [-0.25, -0.2) is 0 Å². The third kappa shape index (κ3) is 6.82. The van der Waals surface area contributed by atoms with Crippen molar-refractivity contribution in [3.05, 3.63) is 24.3 Å². The average Bonchev–Trinajstić information content (AvgIpc) is 2.66. The van der Waals surface area contributed by atoms with E-state index < -0.39 is 0 Å². The highest BCUT2D eigenvalue weighted by Gasteiger charge is 2.20. The van der Waals surface area contributed by atoms with E-state index in [9.17, 15) is 9.59 Å². The fourth-order valence-corrected chi connectivity index (χ4v) is 3.20. The van der Waals surface area contributed by atoms with E-state index in [0.29, 0.717) is 23.9 Å². The van der Waals surface area contributed by atoms with Crippen molar-refractivity contribution in [2.24, 2.45) is 5.92 Å². The number of carbonyl (C=O) groups is 2. The average molecular weight is 391 g/mol. The zero-order valence-corrected chi connectivity index (χ0v) is 17.3. The van der Waals surface area contributed by atoms with Crippen LogP contribution in [0.2, 0.25) is 0 Å². The standard InChI is InChI=1S/C20H30N4O2S/c1-4-19(26)24-13-11-23(12-14-24)17-8-6-16(7-9-17)21-20(27)22-18(25)10-5-15(2)3/h6-9,15H,4-5,10-14H2,1-3H3,(H2,21,22,25,27). The second kappa shape index (κ2) is 10.3. The topological polar surface area (TPSA) is 64.7 Å². The Morgan fingerprint density at radius 3 is 2.30 bits per heavy atom. The molecule has 0 saturated carbocycles.